The average molecular weight is 2110 g/mol. The van der Waals surface area contributed by atoms with Gasteiger partial charge < -0.3 is 76.7 Å². The topological polar surface area (TPSA) is 581 Å². The van der Waals surface area contributed by atoms with Crippen molar-refractivity contribution in [3.05, 3.63) is 207 Å². The van der Waals surface area contributed by atoms with Gasteiger partial charge in [-0.05, 0) is 89.9 Å². The van der Waals surface area contributed by atoms with Crippen molar-refractivity contribution >= 4 is 30.6 Å². The number of rotatable bonds is 27. The maximum atomic E-state index is 16.6. The summed E-state index contributed by atoms with van der Waals surface area (Å²) in [7, 11) is -13.6. The minimum atomic E-state index is -5.33. The SMILES string of the molecule is Cc1cn([C@@H]2O[C@H](CC(F)(F)P(C)(=O)O)[C@@H](C)[C@H]2F)c(=O)[nH]c1=O.[2H]C[C@H]1O[C@@H](n2cc(C)c(=O)[nH]c2=O)[C@H](F)[C@@H]1O.[2H]C[C@H]1O[C@@H](n2cc(C)c(=O)[nH]c2=O)[C@H](F)[C@@H]1OP(C)(=O)C(F)(F)C[C@H]1O[C@@H](n2cc(C)c(=O)[nH]c2=O)[C@H](F)[C@@H]1C.[2H]C[C@H]1O[C@@H](n2cc(C)c(=O)[nH]c2=O)[C@H](F)[C@@H]1OP(C)(=O)C(F)(F)C[C@H]1O[C@@H](n2cc(C)c(=O)[nH]c2=O)[C@H](F)[C@@H]1OP(OCC[N+]#[C-])N(C(C)C)C(C)C.[3H]OC.[3H]OC.[3H]OC. The zero-order chi connectivity index (χ0) is 111. The fourth-order valence-electron chi connectivity index (χ4n) is 14.7. The van der Waals surface area contributed by atoms with E-state index in [1.165, 1.54) is 82.9 Å². The van der Waals surface area contributed by atoms with E-state index in [0.29, 0.717) is 33.7 Å². The molecule has 12 rings (SSSR count). The molecule has 6 aliphatic heterocycles. The molecular formula is C80H116F12N14O30P4. The molecule has 790 valence electrons. The molecule has 28 atom stereocenters. The number of aromatic nitrogens is 12. The molecule has 60 heteroatoms. The number of hydrogen-bond donors (Lipinski definition) is 11. The van der Waals surface area contributed by atoms with Crippen LogP contribution in [-0.2, 0) is 60.2 Å². The van der Waals surface area contributed by atoms with Gasteiger partial charge in [-0.2, -0.15) is 26.3 Å². The van der Waals surface area contributed by atoms with Gasteiger partial charge in [-0.15, -0.1) is 0 Å². The van der Waals surface area contributed by atoms with Crippen LogP contribution < -0.4 is 67.5 Å². The first kappa shape index (κ1) is 110. The van der Waals surface area contributed by atoms with E-state index in [1.807, 2.05) is 29.9 Å². The predicted octanol–water partition coefficient (Wildman–Crippen LogP) is 6.13. The number of hydrogen-bond acceptors (Lipinski definition) is 30. The Morgan fingerprint density at radius 1 is 0.457 bits per heavy atom. The van der Waals surface area contributed by atoms with E-state index >= 15 is 35.1 Å². The fraction of sp³-hybridized carbons (Fsp3) is 0.688. The minimum absolute atomic E-state index is 0.00709. The molecule has 44 nitrogen and oxygen atoms in total. The summed E-state index contributed by atoms with van der Waals surface area (Å²) in [5, 5.41) is 20.0. The molecule has 11 N–H and O–H groups in total. The molecule has 6 fully saturated rings. The highest BCUT2D eigenvalue weighted by Gasteiger charge is 2.62. The summed E-state index contributed by atoms with van der Waals surface area (Å²) in [6.07, 6.45) is -36.8. The summed E-state index contributed by atoms with van der Waals surface area (Å²) in [5.41, 5.74) is -22.3. The van der Waals surface area contributed by atoms with E-state index in [0.717, 1.165) is 44.7 Å². The minimum Gasteiger partial charge on any atom is -0.400 e. The number of halogens is 12. The Kier molecular flexibility index (Phi) is 38.3. The molecule has 0 saturated carbocycles. The van der Waals surface area contributed by atoms with Crippen LogP contribution >= 0.6 is 30.6 Å². The zero-order valence-corrected chi connectivity index (χ0v) is 81.9. The van der Waals surface area contributed by atoms with Crippen LogP contribution in [0.2, 0.25) is 0 Å². The van der Waals surface area contributed by atoms with Crippen LogP contribution in [0.1, 0.15) is 156 Å². The quantitative estimate of drug-likeness (QED) is 0.0119. The largest absolute Gasteiger partial charge is 0.400 e. The normalized spacial score (nSPS) is 29.8. The summed E-state index contributed by atoms with van der Waals surface area (Å²) in [6.45, 7) is 24.6. The van der Waals surface area contributed by atoms with Crippen molar-refractivity contribution in [2.45, 2.75) is 288 Å². The number of nitrogens with zero attached hydrogens (tertiary/aromatic N) is 8. The highest BCUT2D eigenvalue weighted by Crippen LogP contribution is 2.66. The number of H-pyrrole nitrogens is 6. The fourth-order valence-corrected chi connectivity index (χ4v) is 19.7. The second kappa shape index (κ2) is 48.7. The van der Waals surface area contributed by atoms with Crippen LogP contribution in [0.5, 0.6) is 0 Å². The first-order valence-corrected chi connectivity index (χ1v) is 49.5. The summed E-state index contributed by atoms with van der Waals surface area (Å²) in [4.78, 5) is 167. The van der Waals surface area contributed by atoms with Gasteiger partial charge in [0.05, 0.1) is 43.0 Å². The molecule has 6 aliphatic rings. The van der Waals surface area contributed by atoms with E-state index < -0.39 is 295 Å². The van der Waals surface area contributed by atoms with Crippen molar-refractivity contribution in [2.75, 3.05) is 54.5 Å². The lowest BCUT2D eigenvalue weighted by molar-refractivity contribution is -0.0670. The van der Waals surface area contributed by atoms with Crippen molar-refractivity contribution in [2.24, 2.45) is 11.8 Å². The molecule has 0 spiro atoms. The number of aliphatic hydroxyl groups is 4. The van der Waals surface area contributed by atoms with E-state index in [2.05, 4.69) is 20.2 Å². The van der Waals surface area contributed by atoms with Gasteiger partial charge in [0, 0.05) is 153 Å². The monoisotopic (exact) mass is 2110 g/mol. The van der Waals surface area contributed by atoms with Gasteiger partial charge in [0.25, 0.3) is 64.0 Å². The molecule has 0 radical (unpaired) electrons. The molecule has 12 heterocycles. The van der Waals surface area contributed by atoms with Gasteiger partial charge in [0.1, 0.15) is 31.0 Å². The van der Waals surface area contributed by atoms with Gasteiger partial charge in [-0.1, -0.05) is 13.8 Å². The smallest absolute Gasteiger partial charge is 0.330 e. The van der Waals surface area contributed by atoms with E-state index in [9.17, 15) is 93.9 Å². The molecule has 0 aliphatic carbocycles. The van der Waals surface area contributed by atoms with Crippen molar-refractivity contribution < 1.29 is 142 Å². The van der Waals surface area contributed by atoms with Gasteiger partial charge in [-0.3, -0.25) is 99.8 Å². The Balaban J connectivity index is 0.000000309. The predicted molar refractivity (Wildman–Crippen MR) is 478 cm³/mol. The Labute approximate surface area is 797 Å². The van der Waals surface area contributed by atoms with Gasteiger partial charge in [0.15, 0.2) is 74.4 Å². The molecule has 4 unspecified atom stereocenters. The van der Waals surface area contributed by atoms with Gasteiger partial charge >= 0.3 is 51.1 Å². The van der Waals surface area contributed by atoms with Crippen LogP contribution in [0, 0.1) is 60.0 Å². The maximum Gasteiger partial charge on any atom is 0.330 e. The summed E-state index contributed by atoms with van der Waals surface area (Å²) in [5.74, 6) is -2.25. The lowest BCUT2D eigenvalue weighted by Crippen LogP contribution is -2.40. The van der Waals surface area contributed by atoms with Crippen LogP contribution in [0.3, 0.4) is 0 Å². The molecule has 0 amide bonds. The van der Waals surface area contributed by atoms with Crippen LogP contribution in [0.15, 0.2) is 94.7 Å². The van der Waals surface area contributed by atoms with E-state index in [1.54, 1.807) is 32.4 Å². The molecule has 6 aromatic heterocycles. The number of ether oxygens (including phenoxy) is 6. The number of nitrogens with one attached hydrogen (secondary N) is 6. The zero-order valence-electron chi connectivity index (χ0n) is 84.4. The average Bonchev–Trinajstić information content (AvgIpc) is 1.39. The number of aliphatic hydroxyl groups excluding tert-OH is 4. The second-order valence-electron chi connectivity index (χ2n) is 33.5. The Morgan fingerprint density at radius 3 is 0.979 bits per heavy atom. The van der Waals surface area contributed by atoms with Crippen molar-refractivity contribution in [3.8, 4) is 0 Å². The number of aryl methyl sites for hydroxylation is 6. The molecule has 0 bridgehead atoms. The first-order chi connectivity index (χ1) is 67.7. The van der Waals surface area contributed by atoms with Crippen LogP contribution in [0.4, 0.5) is 52.7 Å². The summed E-state index contributed by atoms with van der Waals surface area (Å²) in [6, 6.07) is -0.582. The van der Waals surface area contributed by atoms with Crippen molar-refractivity contribution in [1.29, 1.82) is 4.29 Å². The van der Waals surface area contributed by atoms with Gasteiger partial charge in [-0.25, -0.2) is 66.4 Å². The molecule has 140 heavy (non-hydrogen) atoms. The maximum absolute atomic E-state index is 16.6. The third-order valence-electron chi connectivity index (χ3n) is 22.6. The molecule has 6 saturated heterocycles. The van der Waals surface area contributed by atoms with Gasteiger partial charge in [0.2, 0.25) is 10.8 Å². The van der Waals surface area contributed by atoms with E-state index in [-0.39, 0.29) is 65.5 Å². The lowest BCUT2D eigenvalue weighted by atomic mass is 9.99. The van der Waals surface area contributed by atoms with Crippen molar-refractivity contribution in [1.82, 2.24) is 62.0 Å². The Hall–Kier alpha value is -8.79. The first-order valence-electron chi connectivity index (χ1n) is 45.4. The van der Waals surface area contributed by atoms with Crippen molar-refractivity contribution in [3.63, 3.8) is 0 Å². The Bertz CT molecular complexity index is 6390. The molecule has 0 aromatic carbocycles. The molecule has 6 aromatic rings. The lowest BCUT2D eigenvalue weighted by Gasteiger charge is -2.38. The summed E-state index contributed by atoms with van der Waals surface area (Å²) < 4.78 is 321. The highest BCUT2D eigenvalue weighted by molar-refractivity contribution is 7.59. The standard InChI is InChI=1S/C31H44F4N6O10P2.C23H29F4N4O8P.C13H18F3N2O5P.C10H13FN2O4.3CH4O/c1-15(2)41(16(3)4)52(47-11-10-36-8)50-24-20(49-28(22(24)33)40-14-18(6)26(43)38-30(40)45)12-31(34,35)53(9,46)51-23-19(7)48-27(21(23)32)39-13-17(5)25(42)37-29(39)44;1-9-7-30(21(34)28-17(9)32)19-14(24)11(3)13(38-19)6-23(26,27)40(5,36)39-16-12(4)37-20(15(16)25)31-8-10(2)18(33)29-22(31)35;1-6-5-18(12(20)17-10(6)19)11-9(14)7(2)8(23-11)4-13(15,16)24(3,21)22;1-4-3-13(10(16)12-8(4)15)9-6(11)7(14)5(2)17-9;3*1-2/h13-16,19-24,27-28H,10-12H2,1-7,9H3,(H,37,42,44)(H,38,43,45);7-8,11-16,19-20H,6H2,1-5H3,(H,28,32,34)(H,29,33,35);5,7-9,11H,4H2,1-3H3,(H,21,22)(H,17,19,20);3,5-7,9,14H,1-2H3,(H,12,15,16);3*2H,1H3/t19-,20-,21-,22-,23-,24-,27-,28-,52?,53?;11-,12-,13-,14-,15-,16-,19-,20-,40?;7-,8-,9-,11-;5-,6-,7-,9-;;;/m1111.../s1/i7D;4D;;2D;3*2T. The highest BCUT2D eigenvalue weighted by atomic mass is 31.2. The van der Waals surface area contributed by atoms with Crippen LogP contribution in [0.25, 0.3) is 4.85 Å². The molecular weight excluding hydrogens is 1990 g/mol. The Morgan fingerprint density at radius 2 is 0.707 bits per heavy atom. The third kappa shape index (κ3) is 27.1. The van der Waals surface area contributed by atoms with Crippen LogP contribution in [-0.4, -0.2) is 273 Å². The summed E-state index contributed by atoms with van der Waals surface area (Å²) >= 11 is 0. The third-order valence-corrected chi connectivity index (χ3v) is 30.2. The number of alkyl halides is 12. The van der Waals surface area contributed by atoms with E-state index in [4.69, 9.17) is 66.4 Å². The number of aromatic amines is 6. The second-order valence-corrected chi connectivity index (χ2v) is 42.5.